The maximum atomic E-state index is 14.1. The number of hydrogen-bond acceptors (Lipinski definition) is 3. The van der Waals surface area contributed by atoms with E-state index in [0.29, 0.717) is 29.7 Å². The lowest BCUT2D eigenvalue weighted by Crippen LogP contribution is -2.23. The first kappa shape index (κ1) is 12.9. The molecule has 3 atom stereocenters. The van der Waals surface area contributed by atoms with Gasteiger partial charge in [-0.15, -0.1) is 0 Å². The van der Waals surface area contributed by atoms with Gasteiger partial charge in [0, 0.05) is 25.2 Å². The average molecular weight is 265 g/mol. The van der Waals surface area contributed by atoms with E-state index >= 15 is 0 Å². The fourth-order valence-corrected chi connectivity index (χ4v) is 3.57. The topological polar surface area (TPSA) is 32.7 Å². The molecule has 1 N–H and O–H groups in total. The zero-order valence-corrected chi connectivity index (χ0v) is 11.2. The monoisotopic (exact) mass is 265 g/mol. The third-order valence-electron chi connectivity index (χ3n) is 4.46. The van der Waals surface area contributed by atoms with Gasteiger partial charge in [-0.25, -0.2) is 4.39 Å². The molecule has 0 bridgehead atoms. The molecule has 1 saturated heterocycles. The Kier molecular flexibility index (Phi) is 3.46. The third kappa shape index (κ3) is 2.47. The Morgan fingerprint density at radius 3 is 2.63 bits per heavy atom. The van der Waals surface area contributed by atoms with Crippen LogP contribution in [0.5, 0.6) is 5.75 Å². The second-order valence-electron chi connectivity index (χ2n) is 5.77. The first-order valence-corrected chi connectivity index (χ1v) is 6.89. The average Bonchev–Trinajstić information content (AvgIpc) is 2.88. The molecule has 1 aromatic rings. The van der Waals surface area contributed by atoms with Gasteiger partial charge in [-0.05, 0) is 30.7 Å². The summed E-state index contributed by atoms with van der Waals surface area (Å²) >= 11 is 0. The molecule has 0 radical (unpaired) electrons. The third-order valence-corrected chi connectivity index (χ3v) is 4.46. The Hall–Kier alpha value is -1.13. The van der Waals surface area contributed by atoms with Gasteiger partial charge in [-0.2, -0.15) is 0 Å². The molecule has 3 nitrogen and oxygen atoms in total. The summed E-state index contributed by atoms with van der Waals surface area (Å²) in [5, 5.41) is 9.63. The summed E-state index contributed by atoms with van der Waals surface area (Å²) < 4.78 is 19.1. The van der Waals surface area contributed by atoms with E-state index in [1.54, 1.807) is 6.07 Å². The van der Waals surface area contributed by atoms with Crippen LogP contribution in [0.1, 0.15) is 18.4 Å². The van der Waals surface area contributed by atoms with Gasteiger partial charge >= 0.3 is 0 Å². The number of halogens is 1. The second kappa shape index (κ2) is 5.10. The van der Waals surface area contributed by atoms with Crippen molar-refractivity contribution in [3.8, 4) is 5.75 Å². The van der Waals surface area contributed by atoms with Crippen LogP contribution in [0, 0.1) is 17.7 Å². The summed E-state index contributed by atoms with van der Waals surface area (Å²) in [4.78, 5) is 2.29. The molecular formula is C15H20FNO2. The minimum Gasteiger partial charge on any atom is -0.494 e. The highest BCUT2D eigenvalue weighted by Gasteiger charge is 2.40. The fourth-order valence-electron chi connectivity index (χ4n) is 3.57. The Labute approximate surface area is 113 Å². The van der Waals surface area contributed by atoms with E-state index in [1.165, 1.54) is 7.11 Å². The maximum Gasteiger partial charge on any atom is 0.169 e. The lowest BCUT2D eigenvalue weighted by molar-refractivity contribution is 0.160. The minimum atomic E-state index is -0.248. The predicted octanol–water partition coefficient (Wildman–Crippen LogP) is 2.04. The van der Waals surface area contributed by atoms with Gasteiger partial charge in [0.1, 0.15) is 0 Å². The van der Waals surface area contributed by atoms with Gasteiger partial charge in [0.05, 0.1) is 13.2 Å². The number of hydrogen-bond donors (Lipinski definition) is 1. The molecule has 104 valence electrons. The number of rotatable bonds is 3. The van der Waals surface area contributed by atoms with Crippen LogP contribution in [0.15, 0.2) is 18.2 Å². The molecule has 0 aromatic heterocycles. The number of benzene rings is 1. The number of likely N-dealkylation sites (tertiary alicyclic amines) is 1. The first-order chi connectivity index (χ1) is 9.17. The fraction of sp³-hybridized carbons (Fsp3) is 0.600. The molecule has 2 fully saturated rings. The molecule has 1 saturated carbocycles. The second-order valence-corrected chi connectivity index (χ2v) is 5.77. The molecule has 19 heavy (non-hydrogen) atoms. The van der Waals surface area contributed by atoms with Gasteiger partial charge in [0.25, 0.3) is 0 Å². The Morgan fingerprint density at radius 2 is 2.00 bits per heavy atom. The van der Waals surface area contributed by atoms with Crippen LogP contribution in [0.3, 0.4) is 0 Å². The van der Waals surface area contributed by atoms with Crippen molar-refractivity contribution < 1.29 is 14.2 Å². The molecular weight excluding hydrogens is 245 g/mol. The SMILES string of the molecule is COc1cccc(CN2C[C@H]3CC(O)C[C@H]3C2)c1F. The van der Waals surface area contributed by atoms with Crippen molar-refractivity contribution in [3.05, 3.63) is 29.6 Å². The van der Waals surface area contributed by atoms with Gasteiger partial charge in [-0.3, -0.25) is 4.90 Å². The van der Waals surface area contributed by atoms with Crippen molar-refractivity contribution in [1.29, 1.82) is 0 Å². The Balaban J connectivity index is 1.67. The molecule has 1 heterocycles. The van der Waals surface area contributed by atoms with Crippen molar-refractivity contribution in [2.75, 3.05) is 20.2 Å². The molecule has 3 rings (SSSR count). The molecule has 1 aliphatic carbocycles. The van der Waals surface area contributed by atoms with Crippen LogP contribution in [0.25, 0.3) is 0 Å². The number of aliphatic hydroxyl groups is 1. The zero-order valence-electron chi connectivity index (χ0n) is 11.2. The predicted molar refractivity (Wildman–Crippen MR) is 70.4 cm³/mol. The van der Waals surface area contributed by atoms with Crippen molar-refractivity contribution >= 4 is 0 Å². The highest BCUT2D eigenvalue weighted by Crippen LogP contribution is 2.38. The van der Waals surface area contributed by atoms with E-state index < -0.39 is 0 Å². The largest absolute Gasteiger partial charge is 0.494 e. The molecule has 0 amide bonds. The number of methoxy groups -OCH3 is 1. The molecule has 0 spiro atoms. The van der Waals surface area contributed by atoms with Crippen molar-refractivity contribution in [3.63, 3.8) is 0 Å². The summed E-state index contributed by atoms with van der Waals surface area (Å²) in [6, 6.07) is 5.30. The summed E-state index contributed by atoms with van der Waals surface area (Å²) in [6.07, 6.45) is 1.69. The lowest BCUT2D eigenvalue weighted by atomic mass is 10.0. The van der Waals surface area contributed by atoms with E-state index in [2.05, 4.69) is 4.90 Å². The van der Waals surface area contributed by atoms with E-state index in [4.69, 9.17) is 4.74 Å². The first-order valence-electron chi connectivity index (χ1n) is 6.89. The van der Waals surface area contributed by atoms with Crippen LogP contribution in [-0.2, 0) is 6.54 Å². The highest BCUT2D eigenvalue weighted by molar-refractivity contribution is 5.31. The van der Waals surface area contributed by atoms with Gasteiger partial charge in [-0.1, -0.05) is 12.1 Å². The van der Waals surface area contributed by atoms with Gasteiger partial charge in [0.2, 0.25) is 0 Å². The number of ether oxygens (including phenoxy) is 1. The Morgan fingerprint density at radius 1 is 1.32 bits per heavy atom. The minimum absolute atomic E-state index is 0.120. The molecule has 1 aliphatic heterocycles. The summed E-state index contributed by atoms with van der Waals surface area (Å²) in [5.74, 6) is 1.24. The summed E-state index contributed by atoms with van der Waals surface area (Å²) in [7, 11) is 1.49. The summed E-state index contributed by atoms with van der Waals surface area (Å²) in [5.41, 5.74) is 0.694. The Bertz CT molecular complexity index is 451. The maximum absolute atomic E-state index is 14.1. The molecule has 1 aromatic carbocycles. The lowest BCUT2D eigenvalue weighted by Gasteiger charge is -2.18. The molecule has 1 unspecified atom stereocenters. The van der Waals surface area contributed by atoms with Crippen LogP contribution < -0.4 is 4.74 Å². The van der Waals surface area contributed by atoms with E-state index in [-0.39, 0.29) is 11.9 Å². The number of fused-ring (bicyclic) bond motifs is 1. The van der Waals surface area contributed by atoms with E-state index in [9.17, 15) is 9.50 Å². The van der Waals surface area contributed by atoms with Crippen molar-refractivity contribution in [2.24, 2.45) is 11.8 Å². The van der Waals surface area contributed by atoms with Crippen molar-refractivity contribution in [2.45, 2.75) is 25.5 Å². The van der Waals surface area contributed by atoms with Crippen LogP contribution in [0.2, 0.25) is 0 Å². The van der Waals surface area contributed by atoms with Crippen LogP contribution >= 0.6 is 0 Å². The smallest absolute Gasteiger partial charge is 0.169 e. The van der Waals surface area contributed by atoms with Gasteiger partial charge < -0.3 is 9.84 Å². The zero-order chi connectivity index (χ0) is 13.4. The molecule has 4 heteroatoms. The molecule has 2 aliphatic rings. The standard InChI is InChI=1S/C15H20FNO2/c1-19-14-4-2-3-10(15(14)16)7-17-8-11-5-13(18)6-12(11)9-17/h2-4,11-13,18H,5-9H2,1H3/t11-,12+,13?. The van der Waals surface area contributed by atoms with Gasteiger partial charge in [0.15, 0.2) is 11.6 Å². The van der Waals surface area contributed by atoms with Crippen LogP contribution in [0.4, 0.5) is 4.39 Å². The summed E-state index contributed by atoms with van der Waals surface area (Å²) in [6.45, 7) is 2.57. The van der Waals surface area contributed by atoms with E-state index in [0.717, 1.165) is 25.9 Å². The highest BCUT2D eigenvalue weighted by atomic mass is 19.1. The number of aliphatic hydroxyl groups excluding tert-OH is 1. The number of nitrogens with zero attached hydrogens (tertiary/aromatic N) is 1. The normalized spacial score (nSPS) is 30.6. The van der Waals surface area contributed by atoms with E-state index in [1.807, 2.05) is 12.1 Å². The van der Waals surface area contributed by atoms with Crippen molar-refractivity contribution in [1.82, 2.24) is 4.90 Å². The van der Waals surface area contributed by atoms with Crippen LogP contribution in [-0.4, -0.2) is 36.3 Å². The quantitative estimate of drug-likeness (QED) is 0.907.